The van der Waals surface area contributed by atoms with Gasteiger partial charge >= 0.3 is 0 Å². The zero-order chi connectivity index (χ0) is 14.5. The van der Waals surface area contributed by atoms with Crippen LogP contribution in [0.4, 0.5) is 0 Å². The lowest BCUT2D eigenvalue weighted by Gasteiger charge is -2.12. The summed E-state index contributed by atoms with van der Waals surface area (Å²) in [6.45, 7) is 1.83. The normalized spacial score (nSPS) is 11.7. The Bertz CT molecular complexity index is 612. The first kappa shape index (κ1) is 14.2. The van der Waals surface area contributed by atoms with E-state index < -0.39 is 5.91 Å². The summed E-state index contributed by atoms with van der Waals surface area (Å²) in [6.07, 6.45) is 1.66. The van der Waals surface area contributed by atoms with E-state index in [-0.39, 0.29) is 16.8 Å². The highest BCUT2D eigenvalue weighted by Gasteiger charge is 2.16. The van der Waals surface area contributed by atoms with Crippen LogP contribution in [0, 0.1) is 0 Å². The maximum absolute atomic E-state index is 12.0. The molecule has 2 aromatic rings. The van der Waals surface area contributed by atoms with Crippen LogP contribution in [0.25, 0.3) is 0 Å². The fraction of sp³-hybridized carbons (Fsp3) is 0.154. The Morgan fingerprint density at radius 3 is 2.50 bits per heavy atom. The van der Waals surface area contributed by atoms with Gasteiger partial charge < -0.3 is 5.32 Å². The number of pyridine rings is 1. The predicted octanol–water partition coefficient (Wildman–Crippen LogP) is 1.75. The molecule has 0 aromatic carbocycles. The molecule has 1 atom stereocenters. The summed E-state index contributed by atoms with van der Waals surface area (Å²) in [5.41, 5.74) is 2.29. The molecule has 2 amide bonds. The Kier molecular flexibility index (Phi) is 4.44. The van der Waals surface area contributed by atoms with E-state index in [0.717, 1.165) is 17.0 Å². The van der Waals surface area contributed by atoms with Gasteiger partial charge in [0.1, 0.15) is 0 Å². The van der Waals surface area contributed by atoms with E-state index in [1.807, 2.05) is 19.1 Å². The van der Waals surface area contributed by atoms with Gasteiger partial charge in [0.25, 0.3) is 11.8 Å². The lowest BCUT2D eigenvalue weighted by Crippen LogP contribution is -2.26. The van der Waals surface area contributed by atoms with Crippen molar-refractivity contribution in [1.82, 2.24) is 15.8 Å². The van der Waals surface area contributed by atoms with Crippen LogP contribution >= 0.6 is 11.3 Å². The summed E-state index contributed by atoms with van der Waals surface area (Å²) in [5, 5.41) is 11.3. The van der Waals surface area contributed by atoms with Crippen LogP contribution in [0.5, 0.6) is 0 Å². The molecule has 0 aliphatic carbocycles. The number of hydrogen-bond acceptors (Lipinski definition) is 5. The number of hydrogen-bond donors (Lipinski definition) is 3. The van der Waals surface area contributed by atoms with Crippen LogP contribution in [0.15, 0.2) is 36.5 Å². The molecule has 0 spiro atoms. The molecule has 0 saturated heterocycles. The van der Waals surface area contributed by atoms with E-state index in [1.54, 1.807) is 12.3 Å². The highest BCUT2D eigenvalue weighted by Crippen LogP contribution is 2.17. The number of hydroxylamine groups is 1. The van der Waals surface area contributed by atoms with Gasteiger partial charge in [-0.1, -0.05) is 6.07 Å². The third kappa shape index (κ3) is 3.19. The summed E-state index contributed by atoms with van der Waals surface area (Å²) >= 11 is 1.01. The molecule has 7 heteroatoms. The fourth-order valence-corrected chi connectivity index (χ4v) is 2.41. The maximum atomic E-state index is 12.0. The van der Waals surface area contributed by atoms with Crippen molar-refractivity contribution in [2.24, 2.45) is 0 Å². The quantitative estimate of drug-likeness (QED) is 0.591. The zero-order valence-corrected chi connectivity index (χ0v) is 11.5. The molecule has 20 heavy (non-hydrogen) atoms. The number of rotatable bonds is 4. The van der Waals surface area contributed by atoms with Crippen molar-refractivity contribution in [2.45, 2.75) is 13.0 Å². The Morgan fingerprint density at radius 2 is 1.90 bits per heavy atom. The number of nitrogens with one attached hydrogen (secondary N) is 2. The van der Waals surface area contributed by atoms with Gasteiger partial charge in [0.15, 0.2) is 0 Å². The van der Waals surface area contributed by atoms with Crippen LogP contribution in [-0.2, 0) is 0 Å². The zero-order valence-electron chi connectivity index (χ0n) is 10.7. The minimum Gasteiger partial charge on any atom is -0.343 e. The molecule has 2 rings (SSSR count). The first-order valence-corrected chi connectivity index (χ1v) is 6.69. The van der Waals surface area contributed by atoms with Crippen molar-refractivity contribution in [3.8, 4) is 0 Å². The number of nitrogens with zero attached hydrogens (tertiary/aromatic N) is 1. The molecule has 0 aliphatic rings. The molecule has 3 N–H and O–H groups in total. The number of thiophene rings is 1. The van der Waals surface area contributed by atoms with Crippen molar-refractivity contribution >= 4 is 23.2 Å². The molecule has 0 unspecified atom stereocenters. The third-order valence-electron chi connectivity index (χ3n) is 2.63. The summed E-state index contributed by atoms with van der Waals surface area (Å²) < 4.78 is 0. The van der Waals surface area contributed by atoms with E-state index in [2.05, 4.69) is 10.3 Å². The Morgan fingerprint density at radius 1 is 1.20 bits per heavy atom. The molecule has 2 heterocycles. The predicted molar refractivity (Wildman–Crippen MR) is 73.7 cm³/mol. The topological polar surface area (TPSA) is 91.3 Å². The van der Waals surface area contributed by atoms with E-state index in [4.69, 9.17) is 5.21 Å². The highest BCUT2D eigenvalue weighted by atomic mass is 32.1. The molecule has 0 saturated carbocycles. The number of aromatic nitrogens is 1. The average molecular weight is 291 g/mol. The fourth-order valence-electron chi connectivity index (χ4n) is 1.61. The van der Waals surface area contributed by atoms with Gasteiger partial charge in [-0.3, -0.25) is 19.8 Å². The van der Waals surface area contributed by atoms with Gasteiger partial charge in [-0.15, -0.1) is 11.3 Å². The van der Waals surface area contributed by atoms with Crippen LogP contribution in [0.3, 0.4) is 0 Å². The Labute approximate surface area is 119 Å². The van der Waals surface area contributed by atoms with Gasteiger partial charge in [-0.25, -0.2) is 5.48 Å². The van der Waals surface area contributed by atoms with Gasteiger partial charge in [-0.2, -0.15) is 0 Å². The van der Waals surface area contributed by atoms with E-state index in [0.29, 0.717) is 4.88 Å². The number of carbonyl (C=O) groups excluding carboxylic acids is 2. The van der Waals surface area contributed by atoms with Crippen molar-refractivity contribution in [3.63, 3.8) is 0 Å². The second-order valence-electron chi connectivity index (χ2n) is 4.05. The first-order chi connectivity index (χ1) is 9.61. The molecule has 0 bridgehead atoms. The van der Waals surface area contributed by atoms with Gasteiger partial charge in [0.05, 0.1) is 21.5 Å². The second kappa shape index (κ2) is 6.27. The van der Waals surface area contributed by atoms with Crippen LogP contribution in [-0.4, -0.2) is 22.0 Å². The van der Waals surface area contributed by atoms with Gasteiger partial charge in [0.2, 0.25) is 0 Å². The van der Waals surface area contributed by atoms with Crippen molar-refractivity contribution in [2.75, 3.05) is 0 Å². The first-order valence-electron chi connectivity index (χ1n) is 5.88. The Hall–Kier alpha value is -2.25. The lowest BCUT2D eigenvalue weighted by atomic mass is 10.2. The van der Waals surface area contributed by atoms with Crippen molar-refractivity contribution < 1.29 is 14.8 Å². The number of amides is 2. The van der Waals surface area contributed by atoms with Crippen LogP contribution in [0.2, 0.25) is 0 Å². The molecule has 104 valence electrons. The Balaban J connectivity index is 2.05. The van der Waals surface area contributed by atoms with Crippen LogP contribution in [0.1, 0.15) is 38.0 Å². The summed E-state index contributed by atoms with van der Waals surface area (Å²) in [5.74, 6) is -0.919. The lowest BCUT2D eigenvalue weighted by molar-refractivity contribution is 0.0711. The molecule has 0 fully saturated rings. The van der Waals surface area contributed by atoms with E-state index in [1.165, 1.54) is 17.6 Å². The molecule has 2 aromatic heterocycles. The largest absolute Gasteiger partial charge is 0.343 e. The molecule has 0 radical (unpaired) electrons. The summed E-state index contributed by atoms with van der Waals surface area (Å²) in [4.78, 5) is 28.1. The molecule has 6 nitrogen and oxygen atoms in total. The molecule has 0 aliphatic heterocycles. The van der Waals surface area contributed by atoms with Gasteiger partial charge in [0, 0.05) is 6.20 Å². The van der Waals surface area contributed by atoms with Crippen LogP contribution < -0.4 is 10.8 Å². The van der Waals surface area contributed by atoms with Gasteiger partial charge in [-0.05, 0) is 31.2 Å². The third-order valence-corrected chi connectivity index (χ3v) is 3.72. The summed E-state index contributed by atoms with van der Waals surface area (Å²) in [6, 6.07) is 8.26. The average Bonchev–Trinajstić information content (AvgIpc) is 2.97. The standard InChI is InChI=1S/C13H13N3O3S/c1-8(9-4-2-3-7-14-9)15-12(17)10-5-6-11(20-10)13(18)16-19/h2-8,19H,1H3,(H,15,17)(H,16,18)/t8-/m1/s1. The summed E-state index contributed by atoms with van der Waals surface area (Å²) in [7, 11) is 0. The molecular formula is C13H13N3O3S. The highest BCUT2D eigenvalue weighted by molar-refractivity contribution is 7.15. The van der Waals surface area contributed by atoms with E-state index in [9.17, 15) is 9.59 Å². The van der Waals surface area contributed by atoms with Crippen molar-refractivity contribution in [3.05, 3.63) is 52.0 Å². The minimum absolute atomic E-state index is 0.235. The SMILES string of the molecule is C[C@@H](NC(=O)c1ccc(C(=O)NO)s1)c1ccccn1. The second-order valence-corrected chi connectivity index (χ2v) is 5.14. The van der Waals surface area contributed by atoms with Crippen molar-refractivity contribution in [1.29, 1.82) is 0 Å². The monoisotopic (exact) mass is 291 g/mol. The van der Waals surface area contributed by atoms with E-state index >= 15 is 0 Å². The molecular weight excluding hydrogens is 278 g/mol. The smallest absolute Gasteiger partial charge is 0.284 e. The maximum Gasteiger partial charge on any atom is 0.284 e. The number of carbonyl (C=O) groups is 2. The minimum atomic E-state index is -0.633.